The Bertz CT molecular complexity index is 1880. The molecule has 0 spiro atoms. The zero-order valence-corrected chi connectivity index (χ0v) is 25.7. The van der Waals surface area contributed by atoms with Crippen LogP contribution in [0.3, 0.4) is 0 Å². The summed E-state index contributed by atoms with van der Waals surface area (Å²) in [5.74, 6) is 0.354. The highest BCUT2D eigenvalue weighted by Gasteiger charge is 2.35. The van der Waals surface area contributed by atoms with Crippen molar-refractivity contribution in [3.05, 3.63) is 125 Å². The van der Waals surface area contributed by atoms with Gasteiger partial charge in [-0.3, -0.25) is 9.36 Å². The van der Waals surface area contributed by atoms with Gasteiger partial charge in [0, 0.05) is 5.56 Å². The number of ether oxygens (including phenoxy) is 2. The van der Waals surface area contributed by atoms with Crippen molar-refractivity contribution in [1.29, 1.82) is 5.26 Å². The van der Waals surface area contributed by atoms with Gasteiger partial charge in [-0.15, -0.1) is 0 Å². The Balaban J connectivity index is 1.75. The monoisotopic (exact) mass is 641 g/mol. The summed E-state index contributed by atoms with van der Waals surface area (Å²) >= 11 is 4.75. The molecular weight excluding hydrogens is 614 g/mol. The molecule has 3 aromatic carbocycles. The van der Waals surface area contributed by atoms with Gasteiger partial charge in [0.15, 0.2) is 11.4 Å². The summed E-state index contributed by atoms with van der Waals surface area (Å²) in [4.78, 5) is 33.1. The quantitative estimate of drug-likeness (QED) is 0.229. The summed E-state index contributed by atoms with van der Waals surface area (Å²) in [5.41, 5.74) is 4.03. The molecule has 9 heteroatoms. The molecule has 7 nitrogen and oxygen atoms in total. The third-order valence-corrected chi connectivity index (χ3v) is 8.44. The first-order valence-electron chi connectivity index (χ1n) is 13.5. The molecule has 0 fully saturated rings. The van der Waals surface area contributed by atoms with Crippen molar-refractivity contribution in [2.24, 2.45) is 4.99 Å². The number of aromatic nitrogens is 1. The van der Waals surface area contributed by atoms with Crippen LogP contribution in [0.4, 0.5) is 0 Å². The molecule has 0 aliphatic carbocycles. The number of thiazole rings is 1. The molecule has 4 aromatic rings. The Morgan fingerprint density at radius 3 is 2.52 bits per heavy atom. The highest BCUT2D eigenvalue weighted by Crippen LogP contribution is 2.35. The Morgan fingerprint density at radius 1 is 1.14 bits per heavy atom. The number of nitriles is 1. The number of fused-ring (bicyclic) bond motifs is 1. The van der Waals surface area contributed by atoms with Crippen LogP contribution >= 0.6 is 27.3 Å². The Morgan fingerprint density at radius 2 is 1.88 bits per heavy atom. The molecule has 1 aliphatic heterocycles. The van der Waals surface area contributed by atoms with Crippen LogP contribution in [0.1, 0.15) is 55.0 Å². The van der Waals surface area contributed by atoms with Crippen molar-refractivity contribution in [2.45, 2.75) is 32.7 Å². The van der Waals surface area contributed by atoms with E-state index in [9.17, 15) is 9.59 Å². The third kappa shape index (κ3) is 5.87. The van der Waals surface area contributed by atoms with Gasteiger partial charge in [0.1, 0.15) is 11.8 Å². The maximum atomic E-state index is 14.1. The van der Waals surface area contributed by atoms with Crippen LogP contribution in [0.15, 0.2) is 92.6 Å². The van der Waals surface area contributed by atoms with E-state index in [2.05, 4.69) is 29.8 Å². The molecule has 212 valence electrons. The third-order valence-electron chi connectivity index (χ3n) is 6.84. The van der Waals surface area contributed by atoms with Crippen LogP contribution in [0.2, 0.25) is 0 Å². The molecule has 0 unspecified atom stereocenters. The number of rotatable bonds is 8. The average Bonchev–Trinajstić information content (AvgIpc) is 3.30. The molecule has 0 amide bonds. The van der Waals surface area contributed by atoms with Crippen molar-refractivity contribution in [1.82, 2.24) is 4.57 Å². The minimum absolute atomic E-state index is 0.0682. The minimum Gasteiger partial charge on any atom is -0.478 e. The Kier molecular flexibility index (Phi) is 8.86. The van der Waals surface area contributed by atoms with Crippen molar-refractivity contribution < 1.29 is 14.3 Å². The smallest absolute Gasteiger partial charge is 0.338 e. The largest absolute Gasteiger partial charge is 0.478 e. The first-order chi connectivity index (χ1) is 20.3. The van der Waals surface area contributed by atoms with Gasteiger partial charge in [-0.05, 0) is 63.7 Å². The van der Waals surface area contributed by atoms with E-state index in [1.54, 1.807) is 23.6 Å². The fourth-order valence-corrected chi connectivity index (χ4v) is 6.32. The molecule has 0 bridgehead atoms. The SMILES string of the molecule is CCOC(=O)C1=C(c2ccccc2)N=c2s/c(=C\c3ccc(OCC#N)c(Br)c3)c(=O)n2[C@H]1c1ccc(C(C)C)cc1. The van der Waals surface area contributed by atoms with Gasteiger partial charge in [-0.25, -0.2) is 9.79 Å². The number of esters is 1. The van der Waals surface area contributed by atoms with Gasteiger partial charge in [0.05, 0.1) is 32.9 Å². The number of hydrogen-bond acceptors (Lipinski definition) is 7. The maximum Gasteiger partial charge on any atom is 0.338 e. The van der Waals surface area contributed by atoms with Crippen molar-refractivity contribution in [2.75, 3.05) is 13.2 Å². The molecule has 42 heavy (non-hydrogen) atoms. The van der Waals surface area contributed by atoms with Crippen LogP contribution in [0, 0.1) is 11.3 Å². The molecule has 0 saturated heterocycles. The van der Waals surface area contributed by atoms with Crippen LogP contribution < -0.4 is 19.6 Å². The predicted molar refractivity (Wildman–Crippen MR) is 167 cm³/mol. The second-order valence-corrected chi connectivity index (χ2v) is 11.8. The van der Waals surface area contributed by atoms with Crippen molar-refractivity contribution >= 4 is 45.0 Å². The summed E-state index contributed by atoms with van der Waals surface area (Å²) < 4.78 is 13.7. The summed E-state index contributed by atoms with van der Waals surface area (Å²) in [6.45, 7) is 6.13. The van der Waals surface area contributed by atoms with Gasteiger partial charge in [0.2, 0.25) is 0 Å². The molecule has 0 radical (unpaired) electrons. The van der Waals surface area contributed by atoms with E-state index in [-0.39, 0.29) is 18.8 Å². The number of carbonyl (C=O) groups excluding carboxylic acids is 1. The van der Waals surface area contributed by atoms with E-state index >= 15 is 0 Å². The van der Waals surface area contributed by atoms with Crippen LogP contribution in [-0.4, -0.2) is 23.8 Å². The number of benzene rings is 3. The van der Waals surface area contributed by atoms with E-state index in [0.717, 1.165) is 22.3 Å². The van der Waals surface area contributed by atoms with Crippen LogP contribution in [0.25, 0.3) is 11.8 Å². The lowest BCUT2D eigenvalue weighted by molar-refractivity contribution is -0.138. The van der Waals surface area contributed by atoms with E-state index < -0.39 is 12.0 Å². The molecule has 2 heterocycles. The molecular formula is C33H28BrN3O4S. The highest BCUT2D eigenvalue weighted by molar-refractivity contribution is 9.10. The predicted octanol–water partition coefficient (Wildman–Crippen LogP) is 5.72. The topological polar surface area (TPSA) is 93.7 Å². The molecule has 0 saturated carbocycles. The standard InChI is InChI=1S/C33H28BrN3O4S/c1-4-40-32(39)28-29(23-8-6-5-7-9-23)36-33-37(30(28)24-13-11-22(12-14-24)20(2)3)31(38)27(42-33)19-21-10-15-26(25(34)18-21)41-17-16-35/h5-15,18-20,30H,4,17H2,1-3H3/b27-19-/t30-/m0/s1. The molecule has 1 atom stereocenters. The van der Waals surface area contributed by atoms with Crippen LogP contribution in [0.5, 0.6) is 5.75 Å². The first kappa shape index (κ1) is 29.2. The molecule has 1 aliphatic rings. The zero-order chi connectivity index (χ0) is 29.8. The van der Waals surface area contributed by atoms with E-state index in [1.807, 2.05) is 72.8 Å². The molecule has 0 N–H and O–H groups in total. The lowest BCUT2D eigenvalue weighted by Crippen LogP contribution is -2.40. The Labute approximate surface area is 255 Å². The lowest BCUT2D eigenvalue weighted by Gasteiger charge is -2.26. The normalized spacial score (nSPS) is 14.8. The van der Waals surface area contributed by atoms with E-state index in [1.165, 1.54) is 11.3 Å². The summed E-state index contributed by atoms with van der Waals surface area (Å²) in [6, 6.07) is 24.1. The highest BCUT2D eigenvalue weighted by atomic mass is 79.9. The van der Waals surface area contributed by atoms with Gasteiger partial charge in [-0.1, -0.05) is 85.8 Å². The second kappa shape index (κ2) is 12.7. The van der Waals surface area contributed by atoms with Gasteiger partial charge >= 0.3 is 5.97 Å². The molecule has 5 rings (SSSR count). The van der Waals surface area contributed by atoms with Gasteiger partial charge in [-0.2, -0.15) is 5.26 Å². The lowest BCUT2D eigenvalue weighted by atomic mass is 9.91. The number of carbonyl (C=O) groups is 1. The first-order valence-corrected chi connectivity index (χ1v) is 15.1. The van der Waals surface area contributed by atoms with Crippen LogP contribution in [-0.2, 0) is 9.53 Å². The van der Waals surface area contributed by atoms with Crippen molar-refractivity contribution in [3.63, 3.8) is 0 Å². The fourth-order valence-electron chi connectivity index (χ4n) is 4.80. The number of hydrogen-bond donors (Lipinski definition) is 0. The van der Waals surface area contributed by atoms with Gasteiger partial charge in [0.25, 0.3) is 5.56 Å². The van der Waals surface area contributed by atoms with Crippen molar-refractivity contribution in [3.8, 4) is 11.8 Å². The van der Waals surface area contributed by atoms with Gasteiger partial charge < -0.3 is 9.47 Å². The summed E-state index contributed by atoms with van der Waals surface area (Å²) in [7, 11) is 0. The fraction of sp³-hybridized carbons (Fsp3) is 0.212. The summed E-state index contributed by atoms with van der Waals surface area (Å²) in [5, 5.41) is 8.82. The number of nitrogens with zero attached hydrogens (tertiary/aromatic N) is 3. The summed E-state index contributed by atoms with van der Waals surface area (Å²) in [6.07, 6.45) is 1.79. The average molecular weight is 643 g/mol. The van der Waals surface area contributed by atoms with E-state index in [4.69, 9.17) is 19.7 Å². The maximum absolute atomic E-state index is 14.1. The second-order valence-electron chi connectivity index (χ2n) is 9.89. The van der Waals surface area contributed by atoms with E-state index in [0.29, 0.717) is 36.7 Å². The minimum atomic E-state index is -0.729. The zero-order valence-electron chi connectivity index (χ0n) is 23.3. The molecule has 1 aromatic heterocycles. The Hall–Kier alpha value is -4.26. The number of halogens is 1.